The van der Waals surface area contributed by atoms with Crippen LogP contribution in [0.5, 0.6) is 0 Å². The van der Waals surface area contributed by atoms with Crippen LogP contribution in [0.25, 0.3) is 0 Å². The third kappa shape index (κ3) is 4.38. The van der Waals surface area contributed by atoms with Crippen LogP contribution in [0, 0.1) is 0 Å². The first-order valence-corrected chi connectivity index (χ1v) is 3.05. The van der Waals surface area contributed by atoms with E-state index in [9.17, 15) is 13.6 Å². The summed E-state index contributed by atoms with van der Waals surface area (Å²) in [4.78, 5) is 9.30. The number of carbonyl (C=O) groups is 1. The SMILES string of the molecule is O.O=CC(F)(F)CI. The molecule has 0 saturated carbocycles. The highest BCUT2D eigenvalue weighted by Gasteiger charge is 2.25. The second-order valence-electron chi connectivity index (χ2n) is 1.01. The molecule has 8 heavy (non-hydrogen) atoms. The molecule has 0 unspecified atom stereocenters. The second kappa shape index (κ2) is 4.13. The Morgan fingerprint density at radius 1 is 1.62 bits per heavy atom. The van der Waals surface area contributed by atoms with Crippen molar-refractivity contribution in [3.05, 3.63) is 0 Å². The van der Waals surface area contributed by atoms with E-state index in [2.05, 4.69) is 0 Å². The van der Waals surface area contributed by atoms with Gasteiger partial charge in [-0.05, 0) is 0 Å². The minimum Gasteiger partial charge on any atom is -0.412 e. The smallest absolute Gasteiger partial charge is 0.311 e. The maximum absolute atomic E-state index is 11.5. The van der Waals surface area contributed by atoms with Crippen LogP contribution in [0.15, 0.2) is 0 Å². The van der Waals surface area contributed by atoms with Gasteiger partial charge in [0.15, 0.2) is 6.29 Å². The van der Waals surface area contributed by atoms with E-state index in [0.717, 1.165) is 0 Å². The molecule has 0 rings (SSSR count). The molecule has 2 N–H and O–H groups in total. The van der Waals surface area contributed by atoms with Crippen LogP contribution in [0.1, 0.15) is 0 Å². The number of hydrogen-bond acceptors (Lipinski definition) is 1. The van der Waals surface area contributed by atoms with Crippen molar-refractivity contribution in [3.8, 4) is 0 Å². The summed E-state index contributed by atoms with van der Waals surface area (Å²) >= 11 is 1.45. The van der Waals surface area contributed by atoms with E-state index < -0.39 is 10.4 Å². The fourth-order valence-corrected chi connectivity index (χ4v) is 0.211. The Labute approximate surface area is 58.7 Å². The standard InChI is InChI=1S/C3H3F2IO.H2O/c4-3(5,1-6)2-7;/h2H,1H2;1H2. The number of halogens is 3. The van der Waals surface area contributed by atoms with Gasteiger partial charge in [-0.2, -0.15) is 8.78 Å². The number of alkyl halides is 3. The van der Waals surface area contributed by atoms with Gasteiger partial charge in [0.25, 0.3) is 0 Å². The third-order valence-electron chi connectivity index (χ3n) is 0.351. The first-order chi connectivity index (χ1) is 3.12. The fourth-order valence-electron chi connectivity index (χ4n) is 0.0315. The Morgan fingerprint density at radius 3 is 2.00 bits per heavy atom. The molecule has 2 nitrogen and oxygen atoms in total. The summed E-state index contributed by atoms with van der Waals surface area (Å²) in [6, 6.07) is 0. The lowest BCUT2D eigenvalue weighted by atomic mass is 10.5. The van der Waals surface area contributed by atoms with Crippen LogP contribution in [0.2, 0.25) is 0 Å². The van der Waals surface area contributed by atoms with Crippen molar-refractivity contribution in [2.45, 2.75) is 5.92 Å². The molecule has 0 amide bonds. The Kier molecular flexibility index (Phi) is 5.72. The van der Waals surface area contributed by atoms with Gasteiger partial charge in [-0.15, -0.1) is 0 Å². The molecule has 0 aliphatic heterocycles. The summed E-state index contributed by atoms with van der Waals surface area (Å²) in [5.41, 5.74) is 0. The van der Waals surface area contributed by atoms with Crippen molar-refractivity contribution >= 4 is 28.9 Å². The largest absolute Gasteiger partial charge is 0.412 e. The lowest BCUT2D eigenvalue weighted by Gasteiger charge is -1.99. The fraction of sp³-hybridized carbons (Fsp3) is 0.667. The number of carbonyl (C=O) groups excluding carboxylic acids is 1. The van der Waals surface area contributed by atoms with E-state index >= 15 is 0 Å². The molecule has 0 aromatic heterocycles. The molecule has 0 fully saturated rings. The second-order valence-corrected chi connectivity index (χ2v) is 1.78. The molecule has 0 spiro atoms. The van der Waals surface area contributed by atoms with Crippen LogP contribution in [-0.2, 0) is 4.79 Å². The molecule has 0 radical (unpaired) electrons. The molecule has 5 heteroatoms. The van der Waals surface area contributed by atoms with Gasteiger partial charge < -0.3 is 5.48 Å². The average Bonchev–Trinajstić information content (AvgIpc) is 1.68. The van der Waals surface area contributed by atoms with Gasteiger partial charge in [0, 0.05) is 0 Å². The lowest BCUT2D eigenvalue weighted by Crippen LogP contribution is -2.18. The molecule has 0 atom stereocenters. The predicted octanol–water partition coefficient (Wildman–Crippen LogP) is 0.431. The zero-order valence-corrected chi connectivity index (χ0v) is 5.98. The maximum atomic E-state index is 11.5. The number of hydrogen-bond donors (Lipinski definition) is 0. The van der Waals surface area contributed by atoms with Gasteiger partial charge in [0.05, 0.1) is 4.43 Å². The van der Waals surface area contributed by atoms with E-state index in [1.807, 2.05) is 0 Å². The summed E-state index contributed by atoms with van der Waals surface area (Å²) in [6.07, 6.45) is -0.348. The summed E-state index contributed by atoms with van der Waals surface area (Å²) < 4.78 is 22.6. The first kappa shape index (κ1) is 11.1. The normalized spacial score (nSPS) is 9.88. The highest BCUT2D eigenvalue weighted by atomic mass is 127. The minimum absolute atomic E-state index is 0. The van der Waals surface area contributed by atoms with Crippen LogP contribution >= 0.6 is 22.6 Å². The topological polar surface area (TPSA) is 48.6 Å². The third-order valence-corrected chi connectivity index (χ3v) is 1.37. The molecule has 50 valence electrons. The van der Waals surface area contributed by atoms with Gasteiger partial charge in [-0.3, -0.25) is 4.79 Å². The number of aldehydes is 1. The zero-order valence-electron chi connectivity index (χ0n) is 3.83. The van der Waals surface area contributed by atoms with Crippen molar-refractivity contribution in [2.24, 2.45) is 0 Å². The molecular weight excluding hydrogens is 233 g/mol. The molecule has 0 saturated heterocycles. The Balaban J connectivity index is 0. The van der Waals surface area contributed by atoms with E-state index in [4.69, 9.17) is 0 Å². The van der Waals surface area contributed by atoms with Gasteiger partial charge in [0.2, 0.25) is 0 Å². The highest BCUT2D eigenvalue weighted by molar-refractivity contribution is 14.1. The van der Waals surface area contributed by atoms with Gasteiger partial charge in [0.1, 0.15) is 0 Å². The quantitative estimate of drug-likeness (QED) is 0.391. The van der Waals surface area contributed by atoms with Crippen LogP contribution in [-0.4, -0.2) is 22.1 Å². The molecule has 0 heterocycles. The van der Waals surface area contributed by atoms with Gasteiger partial charge >= 0.3 is 5.92 Å². The Hall–Kier alpha value is 0.220. The Morgan fingerprint density at radius 2 is 2.00 bits per heavy atom. The van der Waals surface area contributed by atoms with Crippen molar-refractivity contribution < 1.29 is 19.1 Å². The van der Waals surface area contributed by atoms with Crippen molar-refractivity contribution in [1.29, 1.82) is 0 Å². The van der Waals surface area contributed by atoms with E-state index in [1.165, 1.54) is 22.6 Å². The van der Waals surface area contributed by atoms with Crippen LogP contribution < -0.4 is 0 Å². The first-order valence-electron chi connectivity index (χ1n) is 1.52. The number of rotatable bonds is 2. The Bertz CT molecular complexity index is 75.7. The lowest BCUT2D eigenvalue weighted by molar-refractivity contribution is -0.125. The van der Waals surface area contributed by atoms with E-state index in [1.54, 1.807) is 0 Å². The molecule has 0 aliphatic rings. The van der Waals surface area contributed by atoms with Crippen LogP contribution in [0.4, 0.5) is 8.78 Å². The molecule has 0 aliphatic carbocycles. The molecular formula is C3H5F2IO2. The van der Waals surface area contributed by atoms with E-state index in [0.29, 0.717) is 0 Å². The summed E-state index contributed by atoms with van der Waals surface area (Å²) in [7, 11) is 0. The van der Waals surface area contributed by atoms with Crippen molar-refractivity contribution in [2.75, 3.05) is 4.43 Å². The van der Waals surface area contributed by atoms with Gasteiger partial charge in [-0.25, -0.2) is 0 Å². The zero-order chi connectivity index (χ0) is 5.91. The van der Waals surface area contributed by atoms with Crippen molar-refractivity contribution in [1.82, 2.24) is 0 Å². The molecule has 0 aromatic rings. The summed E-state index contributed by atoms with van der Waals surface area (Å²) in [6.45, 7) is 0. The summed E-state index contributed by atoms with van der Waals surface area (Å²) in [5.74, 6) is -3.11. The van der Waals surface area contributed by atoms with Crippen molar-refractivity contribution in [3.63, 3.8) is 0 Å². The van der Waals surface area contributed by atoms with E-state index in [-0.39, 0.29) is 11.8 Å². The average molecular weight is 238 g/mol. The molecule has 0 aromatic carbocycles. The predicted molar refractivity (Wildman–Crippen MR) is 33.5 cm³/mol. The summed E-state index contributed by atoms with van der Waals surface area (Å²) in [5, 5.41) is 0. The van der Waals surface area contributed by atoms with Crippen LogP contribution in [0.3, 0.4) is 0 Å². The minimum atomic E-state index is -3.11. The van der Waals surface area contributed by atoms with Gasteiger partial charge in [-0.1, -0.05) is 22.6 Å². The molecule has 0 bridgehead atoms. The highest BCUT2D eigenvalue weighted by Crippen LogP contribution is 2.11. The maximum Gasteiger partial charge on any atom is 0.311 e. The monoisotopic (exact) mass is 238 g/mol.